The maximum Gasteiger partial charge on any atom is 0.125 e. The molecule has 17 heavy (non-hydrogen) atoms. The van der Waals surface area contributed by atoms with Crippen molar-refractivity contribution in [3.63, 3.8) is 0 Å². The van der Waals surface area contributed by atoms with Gasteiger partial charge in [0.25, 0.3) is 0 Å². The molecule has 2 aromatic rings. The van der Waals surface area contributed by atoms with Crippen molar-refractivity contribution < 1.29 is 4.39 Å². The van der Waals surface area contributed by atoms with E-state index in [4.69, 9.17) is 28.9 Å². The van der Waals surface area contributed by atoms with E-state index in [9.17, 15) is 4.39 Å². The molecule has 0 saturated heterocycles. The third-order valence-electron chi connectivity index (χ3n) is 2.09. The van der Waals surface area contributed by atoms with Gasteiger partial charge in [-0.1, -0.05) is 35.0 Å². The van der Waals surface area contributed by atoms with Crippen molar-refractivity contribution in [3.05, 3.63) is 52.3 Å². The second-order valence-electron chi connectivity index (χ2n) is 3.36. The second-order valence-corrected chi connectivity index (χ2v) is 5.29. The van der Waals surface area contributed by atoms with Crippen LogP contribution in [0.5, 0.6) is 0 Å². The molecule has 0 aliphatic carbocycles. The average molecular weight is 288 g/mol. The van der Waals surface area contributed by atoms with Crippen molar-refractivity contribution in [1.29, 1.82) is 0 Å². The number of halogens is 3. The first-order valence-electron chi connectivity index (χ1n) is 4.74. The minimum Gasteiger partial charge on any atom is -0.398 e. The normalized spacial score (nSPS) is 10.5. The SMILES string of the molecule is Nc1cc(F)ccc1Sc1ccc(Cl)c(Cl)c1. The zero-order valence-electron chi connectivity index (χ0n) is 8.58. The minimum absolute atomic E-state index is 0.346. The minimum atomic E-state index is -0.346. The van der Waals surface area contributed by atoms with Crippen LogP contribution >= 0.6 is 35.0 Å². The molecule has 2 aromatic carbocycles. The average Bonchev–Trinajstić information content (AvgIpc) is 2.27. The summed E-state index contributed by atoms with van der Waals surface area (Å²) in [6, 6.07) is 9.60. The van der Waals surface area contributed by atoms with E-state index in [1.54, 1.807) is 18.2 Å². The molecule has 2 rings (SSSR count). The molecule has 1 nitrogen and oxygen atoms in total. The van der Waals surface area contributed by atoms with Gasteiger partial charge in [0, 0.05) is 15.5 Å². The Labute approximate surface area is 113 Å². The van der Waals surface area contributed by atoms with E-state index in [0.717, 1.165) is 9.79 Å². The van der Waals surface area contributed by atoms with E-state index >= 15 is 0 Å². The summed E-state index contributed by atoms with van der Waals surface area (Å²) >= 11 is 13.1. The Balaban J connectivity index is 2.28. The first kappa shape index (κ1) is 12.6. The lowest BCUT2D eigenvalue weighted by Crippen LogP contribution is -1.89. The molecule has 0 spiro atoms. The maximum atomic E-state index is 12.9. The van der Waals surface area contributed by atoms with Crippen LogP contribution in [0.2, 0.25) is 10.0 Å². The van der Waals surface area contributed by atoms with Crippen LogP contribution in [0.15, 0.2) is 46.2 Å². The van der Waals surface area contributed by atoms with Crippen LogP contribution in [-0.2, 0) is 0 Å². The van der Waals surface area contributed by atoms with Crippen LogP contribution in [0.4, 0.5) is 10.1 Å². The molecule has 0 aliphatic rings. The summed E-state index contributed by atoms with van der Waals surface area (Å²) in [4.78, 5) is 1.68. The summed E-state index contributed by atoms with van der Waals surface area (Å²) in [5.41, 5.74) is 6.12. The van der Waals surface area contributed by atoms with Crippen molar-refractivity contribution in [1.82, 2.24) is 0 Å². The van der Waals surface area contributed by atoms with Gasteiger partial charge in [0.1, 0.15) is 5.82 Å². The zero-order chi connectivity index (χ0) is 12.4. The molecule has 0 unspecified atom stereocenters. The third-order valence-corrected chi connectivity index (χ3v) is 3.91. The van der Waals surface area contributed by atoms with Crippen LogP contribution in [0, 0.1) is 5.82 Å². The van der Waals surface area contributed by atoms with Gasteiger partial charge >= 0.3 is 0 Å². The zero-order valence-corrected chi connectivity index (χ0v) is 10.9. The van der Waals surface area contributed by atoms with Gasteiger partial charge in [-0.25, -0.2) is 4.39 Å². The molecule has 0 bridgehead atoms. The van der Waals surface area contributed by atoms with E-state index in [1.165, 1.54) is 23.9 Å². The summed E-state index contributed by atoms with van der Waals surface area (Å²) in [5, 5.41) is 0.987. The van der Waals surface area contributed by atoms with Gasteiger partial charge in [-0.2, -0.15) is 0 Å². The van der Waals surface area contributed by atoms with Crippen molar-refractivity contribution in [2.24, 2.45) is 0 Å². The Kier molecular flexibility index (Phi) is 3.82. The first-order chi connectivity index (χ1) is 8.06. The quantitative estimate of drug-likeness (QED) is 0.798. The summed E-state index contributed by atoms with van der Waals surface area (Å²) in [6.07, 6.45) is 0. The van der Waals surface area contributed by atoms with Crippen molar-refractivity contribution in [3.8, 4) is 0 Å². The molecule has 88 valence electrons. The van der Waals surface area contributed by atoms with E-state index in [0.29, 0.717) is 15.7 Å². The van der Waals surface area contributed by atoms with Crippen LogP contribution in [-0.4, -0.2) is 0 Å². The largest absolute Gasteiger partial charge is 0.398 e. The Morgan fingerprint density at radius 2 is 1.76 bits per heavy atom. The monoisotopic (exact) mass is 287 g/mol. The van der Waals surface area contributed by atoms with Crippen LogP contribution < -0.4 is 5.73 Å². The number of nitrogen functional groups attached to an aromatic ring is 1. The molecule has 0 amide bonds. The lowest BCUT2D eigenvalue weighted by molar-refractivity contribution is 0.627. The highest BCUT2D eigenvalue weighted by Crippen LogP contribution is 2.35. The molecule has 0 saturated carbocycles. The summed E-state index contributed by atoms with van der Waals surface area (Å²) < 4.78 is 12.9. The Hall–Kier alpha value is -0.900. The molecule has 0 atom stereocenters. The number of rotatable bonds is 2. The maximum absolute atomic E-state index is 12.9. The highest BCUT2D eigenvalue weighted by Gasteiger charge is 2.05. The Morgan fingerprint density at radius 1 is 1.00 bits per heavy atom. The lowest BCUT2D eigenvalue weighted by Gasteiger charge is -2.06. The number of hydrogen-bond acceptors (Lipinski definition) is 2. The summed E-state index contributed by atoms with van der Waals surface area (Å²) in [7, 11) is 0. The van der Waals surface area contributed by atoms with Gasteiger partial charge < -0.3 is 5.73 Å². The van der Waals surface area contributed by atoms with Gasteiger partial charge in [0.05, 0.1) is 10.0 Å². The molecular formula is C12H8Cl2FNS. The van der Waals surface area contributed by atoms with E-state index in [-0.39, 0.29) is 5.82 Å². The fraction of sp³-hybridized carbons (Fsp3) is 0. The predicted molar refractivity (Wildman–Crippen MR) is 71.4 cm³/mol. The van der Waals surface area contributed by atoms with Crippen molar-refractivity contribution >= 4 is 40.7 Å². The molecule has 0 fully saturated rings. The lowest BCUT2D eigenvalue weighted by atomic mass is 10.3. The number of nitrogens with two attached hydrogens (primary N) is 1. The van der Waals surface area contributed by atoms with Gasteiger partial charge in [-0.15, -0.1) is 0 Å². The van der Waals surface area contributed by atoms with Gasteiger partial charge in [-0.3, -0.25) is 0 Å². The van der Waals surface area contributed by atoms with Crippen LogP contribution in [0.1, 0.15) is 0 Å². The smallest absolute Gasteiger partial charge is 0.125 e. The highest BCUT2D eigenvalue weighted by atomic mass is 35.5. The van der Waals surface area contributed by atoms with E-state index in [2.05, 4.69) is 0 Å². The molecule has 5 heteroatoms. The Morgan fingerprint density at radius 3 is 2.41 bits per heavy atom. The van der Waals surface area contributed by atoms with Crippen LogP contribution in [0.25, 0.3) is 0 Å². The molecule has 0 heterocycles. The van der Waals surface area contributed by atoms with Gasteiger partial charge in [-0.05, 0) is 36.4 Å². The van der Waals surface area contributed by atoms with Gasteiger partial charge in [0.2, 0.25) is 0 Å². The van der Waals surface area contributed by atoms with E-state index < -0.39 is 0 Å². The summed E-state index contributed by atoms with van der Waals surface area (Å²) in [6.45, 7) is 0. The topological polar surface area (TPSA) is 26.0 Å². The number of hydrogen-bond donors (Lipinski definition) is 1. The molecule has 0 radical (unpaired) electrons. The fourth-order valence-electron chi connectivity index (χ4n) is 1.28. The molecule has 2 N–H and O–H groups in total. The third kappa shape index (κ3) is 3.06. The standard InChI is InChI=1S/C12H8Cl2FNS/c13-9-3-2-8(6-10(9)14)17-12-4-1-7(15)5-11(12)16/h1-6H,16H2. The van der Waals surface area contributed by atoms with E-state index in [1.807, 2.05) is 6.07 Å². The first-order valence-corrected chi connectivity index (χ1v) is 6.31. The Bertz CT molecular complexity index is 560. The number of benzene rings is 2. The summed E-state index contributed by atoms with van der Waals surface area (Å²) in [5.74, 6) is -0.346. The predicted octanol–water partition coefficient (Wildman–Crippen LogP) is 4.87. The van der Waals surface area contributed by atoms with Gasteiger partial charge in [0.15, 0.2) is 0 Å². The highest BCUT2D eigenvalue weighted by molar-refractivity contribution is 7.99. The van der Waals surface area contributed by atoms with Crippen molar-refractivity contribution in [2.75, 3.05) is 5.73 Å². The number of anilines is 1. The molecule has 0 aliphatic heterocycles. The molecular weight excluding hydrogens is 280 g/mol. The molecule has 0 aromatic heterocycles. The van der Waals surface area contributed by atoms with Crippen LogP contribution in [0.3, 0.4) is 0 Å². The second kappa shape index (κ2) is 5.17. The van der Waals surface area contributed by atoms with Crippen molar-refractivity contribution in [2.45, 2.75) is 9.79 Å². The fourth-order valence-corrected chi connectivity index (χ4v) is 2.52.